The van der Waals surface area contributed by atoms with E-state index >= 15 is 0 Å². The van der Waals surface area contributed by atoms with Crippen molar-refractivity contribution in [2.75, 3.05) is 41.7 Å². The number of anilines is 3. The van der Waals surface area contributed by atoms with Gasteiger partial charge in [0.2, 0.25) is 5.91 Å². The van der Waals surface area contributed by atoms with Gasteiger partial charge in [0.05, 0.1) is 22.0 Å². The lowest BCUT2D eigenvalue weighted by Gasteiger charge is -2.36. The molecule has 3 aromatic rings. The molecule has 1 fully saturated rings. The number of benzene rings is 2. The number of nitrogens with one attached hydrogen (secondary N) is 2. The highest BCUT2D eigenvalue weighted by atomic mass is 35.5. The first kappa shape index (κ1) is 23.0. The summed E-state index contributed by atoms with van der Waals surface area (Å²) in [6, 6.07) is 16.3. The Bertz CT molecular complexity index is 1080. The van der Waals surface area contributed by atoms with Crippen LogP contribution in [0, 0.1) is 0 Å². The third-order valence-electron chi connectivity index (χ3n) is 5.46. The molecule has 0 bridgehead atoms. The number of amides is 3. The lowest BCUT2D eigenvalue weighted by atomic mass is 10.2. The summed E-state index contributed by atoms with van der Waals surface area (Å²) in [5.41, 5.74) is 2.21. The average Bonchev–Trinajstić information content (AvgIpc) is 3.35. The Labute approximate surface area is 202 Å². The van der Waals surface area contributed by atoms with E-state index in [4.69, 9.17) is 27.6 Å². The van der Waals surface area contributed by atoms with Crippen molar-refractivity contribution < 1.29 is 14.0 Å². The summed E-state index contributed by atoms with van der Waals surface area (Å²) in [6.45, 7) is 2.52. The number of rotatable bonds is 6. The van der Waals surface area contributed by atoms with Crippen molar-refractivity contribution in [2.24, 2.45) is 0 Å². The minimum absolute atomic E-state index is 0.0580. The molecule has 0 aliphatic carbocycles. The van der Waals surface area contributed by atoms with Gasteiger partial charge < -0.3 is 24.9 Å². The molecule has 3 amide bonds. The van der Waals surface area contributed by atoms with Gasteiger partial charge >= 0.3 is 6.03 Å². The molecule has 1 aliphatic heterocycles. The largest absolute Gasteiger partial charge is 0.469 e. The Balaban J connectivity index is 1.25. The van der Waals surface area contributed by atoms with Gasteiger partial charge in [-0.15, -0.1) is 0 Å². The van der Waals surface area contributed by atoms with E-state index in [0.29, 0.717) is 54.8 Å². The highest BCUT2D eigenvalue weighted by Gasteiger charge is 2.22. The minimum atomic E-state index is -0.225. The van der Waals surface area contributed by atoms with Crippen molar-refractivity contribution in [1.82, 2.24) is 4.90 Å². The highest BCUT2D eigenvalue weighted by Crippen LogP contribution is 2.30. The average molecular weight is 487 g/mol. The van der Waals surface area contributed by atoms with E-state index in [1.165, 1.54) is 0 Å². The van der Waals surface area contributed by atoms with Crippen LogP contribution in [0.2, 0.25) is 10.0 Å². The molecule has 0 spiro atoms. The number of hydrogen-bond donors (Lipinski definition) is 2. The fourth-order valence-corrected chi connectivity index (χ4v) is 4.13. The summed E-state index contributed by atoms with van der Waals surface area (Å²) < 4.78 is 5.25. The van der Waals surface area contributed by atoms with Crippen LogP contribution < -0.4 is 15.5 Å². The molecule has 2 aromatic carbocycles. The van der Waals surface area contributed by atoms with Crippen molar-refractivity contribution >= 4 is 52.2 Å². The number of urea groups is 1. The zero-order valence-electron chi connectivity index (χ0n) is 17.9. The number of para-hydroxylation sites is 1. The van der Waals surface area contributed by atoms with Gasteiger partial charge in [0, 0.05) is 50.4 Å². The summed E-state index contributed by atoms with van der Waals surface area (Å²) in [5.74, 6) is 0.737. The summed E-state index contributed by atoms with van der Waals surface area (Å²) in [4.78, 5) is 28.7. The van der Waals surface area contributed by atoms with Crippen LogP contribution >= 0.6 is 23.2 Å². The van der Waals surface area contributed by atoms with E-state index in [9.17, 15) is 9.59 Å². The zero-order valence-corrected chi connectivity index (χ0v) is 19.4. The van der Waals surface area contributed by atoms with Crippen LogP contribution in [0.25, 0.3) is 0 Å². The van der Waals surface area contributed by atoms with Crippen LogP contribution in [0.4, 0.5) is 21.9 Å². The van der Waals surface area contributed by atoms with Crippen LogP contribution in [0.15, 0.2) is 65.3 Å². The molecule has 172 valence electrons. The normalized spacial score (nSPS) is 13.6. The Hall–Kier alpha value is -3.16. The van der Waals surface area contributed by atoms with Gasteiger partial charge in [-0.3, -0.25) is 4.79 Å². The van der Waals surface area contributed by atoms with Gasteiger partial charge in [0.15, 0.2) is 0 Å². The Morgan fingerprint density at radius 3 is 2.21 bits per heavy atom. The Morgan fingerprint density at radius 2 is 1.58 bits per heavy atom. The monoisotopic (exact) mass is 486 g/mol. The van der Waals surface area contributed by atoms with Crippen LogP contribution in [0.1, 0.15) is 12.2 Å². The number of furan rings is 1. The van der Waals surface area contributed by atoms with E-state index in [0.717, 1.165) is 17.1 Å². The number of nitrogens with zero attached hydrogens (tertiary/aromatic N) is 2. The molecule has 1 aromatic heterocycles. The first-order chi connectivity index (χ1) is 16.0. The molecule has 2 heterocycles. The molecule has 7 nitrogen and oxygen atoms in total. The highest BCUT2D eigenvalue weighted by molar-refractivity contribution is 6.39. The third-order valence-corrected chi connectivity index (χ3v) is 6.09. The van der Waals surface area contributed by atoms with Crippen LogP contribution in [0.3, 0.4) is 0 Å². The molecule has 0 radical (unpaired) electrons. The minimum Gasteiger partial charge on any atom is -0.469 e. The predicted octanol–water partition coefficient (Wildman–Crippen LogP) is 5.51. The Kier molecular flexibility index (Phi) is 7.42. The van der Waals surface area contributed by atoms with E-state index in [1.54, 1.807) is 29.4 Å². The van der Waals surface area contributed by atoms with Crippen molar-refractivity contribution in [1.29, 1.82) is 0 Å². The third kappa shape index (κ3) is 6.00. The number of carbonyl (C=O) groups is 2. The Morgan fingerprint density at radius 1 is 0.879 bits per heavy atom. The van der Waals surface area contributed by atoms with Gasteiger partial charge in [-0.1, -0.05) is 29.3 Å². The molecule has 2 N–H and O–H groups in total. The van der Waals surface area contributed by atoms with E-state index < -0.39 is 0 Å². The summed E-state index contributed by atoms with van der Waals surface area (Å²) in [6.07, 6.45) is 2.53. The van der Waals surface area contributed by atoms with Gasteiger partial charge in [0.25, 0.3) is 0 Å². The fraction of sp³-hybridized carbons (Fsp3) is 0.250. The molecule has 0 saturated carbocycles. The standard InChI is InChI=1S/C24H24Cl2N4O3/c25-20-4-1-5-21(26)23(20)28-24(32)30-14-12-29(13-15-30)18-8-6-17(7-9-18)27-22(31)11-10-19-3-2-16-33-19/h1-9,16H,10-15H2,(H,27,31)(H,28,32). The second-order valence-corrected chi connectivity index (χ2v) is 8.49. The molecule has 1 aliphatic rings. The first-order valence-corrected chi connectivity index (χ1v) is 11.4. The number of hydrogen-bond acceptors (Lipinski definition) is 4. The topological polar surface area (TPSA) is 77.8 Å². The number of carbonyl (C=O) groups excluding carboxylic acids is 2. The van der Waals surface area contributed by atoms with Gasteiger partial charge in [-0.05, 0) is 48.5 Å². The quantitative estimate of drug-likeness (QED) is 0.481. The SMILES string of the molecule is O=C(CCc1ccco1)Nc1ccc(N2CCN(C(=O)Nc3c(Cl)cccc3Cl)CC2)cc1. The van der Waals surface area contributed by atoms with Crippen LogP contribution in [-0.2, 0) is 11.2 Å². The van der Waals surface area contributed by atoms with Crippen molar-refractivity contribution in [3.05, 3.63) is 76.7 Å². The molecule has 1 saturated heterocycles. The predicted molar refractivity (Wildman–Crippen MR) is 131 cm³/mol. The van der Waals surface area contributed by atoms with Crippen molar-refractivity contribution in [3.8, 4) is 0 Å². The molecule has 9 heteroatoms. The van der Waals surface area contributed by atoms with Gasteiger partial charge in [-0.25, -0.2) is 4.79 Å². The maximum atomic E-state index is 12.6. The maximum absolute atomic E-state index is 12.6. The summed E-state index contributed by atoms with van der Waals surface area (Å²) in [5, 5.41) is 6.52. The maximum Gasteiger partial charge on any atom is 0.322 e. The van der Waals surface area contributed by atoms with E-state index in [1.807, 2.05) is 36.4 Å². The van der Waals surface area contributed by atoms with Crippen LogP contribution in [0.5, 0.6) is 0 Å². The van der Waals surface area contributed by atoms with Crippen LogP contribution in [-0.4, -0.2) is 43.0 Å². The molecule has 4 rings (SSSR count). The van der Waals surface area contributed by atoms with Crippen molar-refractivity contribution in [3.63, 3.8) is 0 Å². The number of halogens is 2. The zero-order chi connectivity index (χ0) is 23.2. The lowest BCUT2D eigenvalue weighted by molar-refractivity contribution is -0.116. The second-order valence-electron chi connectivity index (χ2n) is 7.68. The second kappa shape index (κ2) is 10.6. The van der Waals surface area contributed by atoms with Gasteiger partial charge in [-0.2, -0.15) is 0 Å². The van der Waals surface area contributed by atoms with E-state index in [-0.39, 0.29) is 11.9 Å². The van der Waals surface area contributed by atoms with E-state index in [2.05, 4.69) is 15.5 Å². The van der Waals surface area contributed by atoms with Gasteiger partial charge in [0.1, 0.15) is 5.76 Å². The molecule has 0 atom stereocenters. The molecular formula is C24H24Cl2N4O3. The summed E-state index contributed by atoms with van der Waals surface area (Å²) in [7, 11) is 0. The summed E-state index contributed by atoms with van der Waals surface area (Å²) >= 11 is 12.3. The fourth-order valence-electron chi connectivity index (χ4n) is 3.64. The lowest BCUT2D eigenvalue weighted by Crippen LogP contribution is -2.50. The first-order valence-electron chi connectivity index (χ1n) is 10.7. The smallest absolute Gasteiger partial charge is 0.322 e. The molecule has 0 unspecified atom stereocenters. The molecule has 33 heavy (non-hydrogen) atoms. The number of aryl methyl sites for hydroxylation is 1. The number of piperazine rings is 1. The van der Waals surface area contributed by atoms with Crippen molar-refractivity contribution in [2.45, 2.75) is 12.8 Å². The molecular weight excluding hydrogens is 463 g/mol.